The van der Waals surface area contributed by atoms with Crippen LogP contribution in [0.5, 0.6) is 0 Å². The smallest absolute Gasteiger partial charge is 0.412 e. The van der Waals surface area contributed by atoms with Crippen LogP contribution in [0.3, 0.4) is 0 Å². The summed E-state index contributed by atoms with van der Waals surface area (Å²) in [6.07, 6.45) is 2.82. The van der Waals surface area contributed by atoms with Crippen molar-refractivity contribution in [3.63, 3.8) is 0 Å². The van der Waals surface area contributed by atoms with Crippen LogP contribution in [0, 0.1) is 28.9 Å². The van der Waals surface area contributed by atoms with E-state index in [1.54, 1.807) is 27.0 Å². The summed E-state index contributed by atoms with van der Waals surface area (Å²) in [5.74, 6) is -0.459. The molecule has 1 unspecified atom stereocenters. The number of anilines is 2. The van der Waals surface area contributed by atoms with Crippen molar-refractivity contribution in [1.82, 2.24) is 19.9 Å². The number of hydrogen-bond donors (Lipinski definition) is 1. The lowest BCUT2D eigenvalue weighted by molar-refractivity contribution is 0.0636. The van der Waals surface area contributed by atoms with E-state index < -0.39 is 23.3 Å². The number of aromatic nitrogens is 3. The lowest BCUT2D eigenvalue weighted by Crippen LogP contribution is -2.27. The van der Waals surface area contributed by atoms with Gasteiger partial charge in [0, 0.05) is 42.2 Å². The zero-order chi connectivity index (χ0) is 30.6. The molecule has 13 heteroatoms. The second-order valence-corrected chi connectivity index (χ2v) is 13.2. The number of carbonyl (C=O) groups is 1. The highest BCUT2D eigenvalue weighted by molar-refractivity contribution is 7.23. The number of nitrogens with zero attached hydrogens (tertiary/aromatic N) is 6. The van der Waals surface area contributed by atoms with Crippen molar-refractivity contribution in [3.05, 3.63) is 40.7 Å². The lowest BCUT2D eigenvalue weighted by Gasteiger charge is -2.19. The Hall–Kier alpha value is -3.99. The van der Waals surface area contributed by atoms with Gasteiger partial charge in [-0.25, -0.2) is 23.5 Å². The fourth-order valence-corrected chi connectivity index (χ4v) is 6.87. The molecule has 1 saturated heterocycles. The average Bonchev–Trinajstić information content (AvgIpc) is 3.67. The fourth-order valence-electron chi connectivity index (χ4n) is 5.83. The van der Waals surface area contributed by atoms with Crippen molar-refractivity contribution in [2.75, 3.05) is 43.9 Å². The highest BCUT2D eigenvalue weighted by Gasteiger charge is 2.32. The summed E-state index contributed by atoms with van der Waals surface area (Å²) < 4.78 is 43.0. The minimum atomic E-state index is -0.796. The van der Waals surface area contributed by atoms with Crippen molar-refractivity contribution in [2.24, 2.45) is 5.92 Å². The van der Waals surface area contributed by atoms with Crippen LogP contribution in [-0.2, 0) is 22.7 Å². The molecule has 2 aliphatic heterocycles. The van der Waals surface area contributed by atoms with Gasteiger partial charge in [-0.05, 0) is 58.3 Å². The van der Waals surface area contributed by atoms with Crippen LogP contribution in [0.15, 0.2) is 12.4 Å². The first-order valence-corrected chi connectivity index (χ1v) is 14.8. The molecule has 2 aliphatic rings. The fraction of sp³-hybridized carbons (Fsp3) is 0.433. The van der Waals surface area contributed by atoms with Crippen molar-refractivity contribution < 1.29 is 23.0 Å². The molecule has 3 aromatic heterocycles. The topological polar surface area (TPSA) is 116 Å². The molecule has 0 bridgehead atoms. The van der Waals surface area contributed by atoms with Gasteiger partial charge in [-0.3, -0.25) is 10.3 Å². The number of carbonyl (C=O) groups excluding carboxylic acids is 1. The quantitative estimate of drug-likeness (QED) is 0.300. The zero-order valence-corrected chi connectivity index (χ0v) is 25.4. The van der Waals surface area contributed by atoms with Gasteiger partial charge in [-0.15, -0.1) is 11.3 Å². The van der Waals surface area contributed by atoms with Crippen molar-refractivity contribution in [3.8, 4) is 17.3 Å². The Labute approximate surface area is 251 Å². The Bertz CT molecular complexity index is 1810. The highest BCUT2D eigenvalue weighted by atomic mass is 32.1. The maximum Gasteiger partial charge on any atom is 0.412 e. The minimum absolute atomic E-state index is 0.0348. The molecule has 1 fully saturated rings. The average molecular weight is 608 g/mol. The molecule has 5 heterocycles. The van der Waals surface area contributed by atoms with Gasteiger partial charge in [-0.2, -0.15) is 5.26 Å². The molecule has 6 rings (SSSR count). The SMILES string of the molecule is CN(C)CC1CCN(c2ncc3c4c(c(-c5ncc(F)c6sc(NC(=O)OC(C)(C)C)c(C#N)c56)c(F)c3n2)COC4)C1. The Morgan fingerprint density at radius 3 is 2.74 bits per heavy atom. The predicted octanol–water partition coefficient (Wildman–Crippen LogP) is 5.82. The molecular weight excluding hydrogens is 576 g/mol. The largest absolute Gasteiger partial charge is 0.444 e. The minimum Gasteiger partial charge on any atom is -0.444 e. The summed E-state index contributed by atoms with van der Waals surface area (Å²) in [7, 11) is 4.08. The van der Waals surface area contributed by atoms with E-state index >= 15 is 8.78 Å². The normalized spacial score (nSPS) is 16.7. The molecule has 1 aromatic carbocycles. The zero-order valence-electron chi connectivity index (χ0n) is 24.5. The number of amides is 1. The monoisotopic (exact) mass is 607 g/mol. The molecule has 1 atom stereocenters. The van der Waals surface area contributed by atoms with Crippen LogP contribution in [0.25, 0.3) is 32.2 Å². The first-order valence-electron chi connectivity index (χ1n) is 13.9. The summed E-state index contributed by atoms with van der Waals surface area (Å²) in [5.41, 5.74) is 0.738. The highest BCUT2D eigenvalue weighted by Crippen LogP contribution is 2.46. The van der Waals surface area contributed by atoms with E-state index in [2.05, 4.69) is 36.1 Å². The third-order valence-corrected chi connectivity index (χ3v) is 8.63. The van der Waals surface area contributed by atoms with E-state index in [9.17, 15) is 10.1 Å². The molecule has 0 saturated carbocycles. The number of rotatable bonds is 5. The van der Waals surface area contributed by atoms with Crippen molar-refractivity contribution >= 4 is 49.4 Å². The van der Waals surface area contributed by atoms with E-state index in [1.807, 2.05) is 14.1 Å². The van der Waals surface area contributed by atoms with Crippen LogP contribution in [0.2, 0.25) is 0 Å². The van der Waals surface area contributed by atoms with Gasteiger partial charge in [0.1, 0.15) is 22.2 Å². The number of hydrogen-bond acceptors (Lipinski definition) is 10. The Balaban J connectivity index is 1.50. The number of nitriles is 1. The number of nitrogens with one attached hydrogen (secondary N) is 1. The third kappa shape index (κ3) is 5.35. The molecule has 4 aromatic rings. The summed E-state index contributed by atoms with van der Waals surface area (Å²) >= 11 is 0.866. The maximum atomic E-state index is 16.7. The van der Waals surface area contributed by atoms with Crippen molar-refractivity contribution in [1.29, 1.82) is 5.26 Å². The molecule has 0 aliphatic carbocycles. The molecule has 1 amide bonds. The molecule has 10 nitrogen and oxygen atoms in total. The van der Waals surface area contributed by atoms with Gasteiger partial charge in [-0.1, -0.05) is 0 Å². The number of halogens is 2. The second-order valence-electron chi connectivity index (χ2n) is 12.1. The standard InChI is InChI=1S/C30H31F2N7O3S/c1-30(2,3)42-29(40)37-27-16(8-33)22-25(34-10-20(31)26(22)43-27)21-19-14-41-13-18(19)17-9-35-28(36-24(17)23(21)32)39-7-6-15(12-39)11-38(4)5/h9-10,15H,6-7,11-14H2,1-5H3,(H,37,40). The van der Waals surface area contributed by atoms with Crippen LogP contribution in [0.1, 0.15) is 43.9 Å². The number of thiophene rings is 1. The van der Waals surface area contributed by atoms with Gasteiger partial charge in [0.2, 0.25) is 5.95 Å². The lowest BCUT2D eigenvalue weighted by atomic mass is 9.94. The Morgan fingerprint density at radius 2 is 2.02 bits per heavy atom. The van der Waals surface area contributed by atoms with Gasteiger partial charge in [0.05, 0.1) is 35.4 Å². The van der Waals surface area contributed by atoms with Crippen LogP contribution in [-0.4, -0.2) is 65.3 Å². The number of fused-ring (bicyclic) bond motifs is 4. The summed E-state index contributed by atoms with van der Waals surface area (Å²) in [6, 6.07) is 2.06. The van der Waals surface area contributed by atoms with Gasteiger partial charge in [0.15, 0.2) is 11.6 Å². The van der Waals surface area contributed by atoms with Crippen LogP contribution < -0.4 is 10.2 Å². The summed E-state index contributed by atoms with van der Waals surface area (Å²) in [6.45, 7) is 7.91. The van der Waals surface area contributed by atoms with E-state index in [-0.39, 0.29) is 50.6 Å². The van der Waals surface area contributed by atoms with Crippen LogP contribution in [0.4, 0.5) is 24.5 Å². The molecular formula is C30H31F2N7O3S. The Morgan fingerprint density at radius 1 is 1.26 bits per heavy atom. The van der Waals surface area contributed by atoms with E-state index in [0.717, 1.165) is 49.2 Å². The molecule has 224 valence electrons. The van der Waals surface area contributed by atoms with E-state index in [4.69, 9.17) is 9.47 Å². The van der Waals surface area contributed by atoms with Gasteiger partial charge in [0.25, 0.3) is 0 Å². The number of pyridine rings is 1. The van der Waals surface area contributed by atoms with Crippen molar-refractivity contribution in [2.45, 2.75) is 46.0 Å². The molecule has 1 N–H and O–H groups in total. The molecule has 43 heavy (non-hydrogen) atoms. The molecule has 0 radical (unpaired) electrons. The number of benzene rings is 1. The van der Waals surface area contributed by atoms with Gasteiger partial charge >= 0.3 is 6.09 Å². The maximum absolute atomic E-state index is 16.7. The Kier molecular flexibility index (Phi) is 7.40. The van der Waals surface area contributed by atoms with Gasteiger partial charge < -0.3 is 19.3 Å². The first kappa shape index (κ1) is 29.1. The summed E-state index contributed by atoms with van der Waals surface area (Å²) in [4.78, 5) is 30.3. The van der Waals surface area contributed by atoms with E-state index in [1.165, 1.54) is 0 Å². The number of ether oxygens (including phenoxy) is 2. The third-order valence-electron chi connectivity index (χ3n) is 7.51. The predicted molar refractivity (Wildman–Crippen MR) is 160 cm³/mol. The van der Waals surface area contributed by atoms with E-state index in [0.29, 0.717) is 22.8 Å². The first-order chi connectivity index (χ1) is 20.4. The molecule has 0 spiro atoms. The summed E-state index contributed by atoms with van der Waals surface area (Å²) in [5, 5.41) is 13.4. The van der Waals surface area contributed by atoms with Crippen LogP contribution >= 0.6 is 11.3 Å². The second kappa shape index (κ2) is 10.9.